The number of ether oxygens (including phenoxy) is 2. The first-order valence-corrected chi connectivity index (χ1v) is 9.43. The highest BCUT2D eigenvalue weighted by Crippen LogP contribution is 2.44. The molecule has 1 atom stereocenters. The SMILES string of the molecule is COCCN1C[C@@H](COC)C2(CCN(Cc3ccc(F)c(F)c3)CC2)C1. The van der Waals surface area contributed by atoms with E-state index in [1.807, 2.05) is 0 Å². The van der Waals surface area contributed by atoms with E-state index in [2.05, 4.69) is 9.80 Å². The van der Waals surface area contributed by atoms with Gasteiger partial charge < -0.3 is 14.4 Å². The van der Waals surface area contributed by atoms with Crippen LogP contribution in [0.2, 0.25) is 0 Å². The fourth-order valence-corrected chi connectivity index (χ4v) is 4.58. The molecule has 2 heterocycles. The minimum atomic E-state index is -0.782. The van der Waals surface area contributed by atoms with Crippen LogP contribution in [0, 0.1) is 23.0 Å². The Balaban J connectivity index is 1.59. The summed E-state index contributed by atoms with van der Waals surface area (Å²) in [5, 5.41) is 0. The van der Waals surface area contributed by atoms with E-state index in [0.29, 0.717) is 17.9 Å². The molecule has 26 heavy (non-hydrogen) atoms. The van der Waals surface area contributed by atoms with E-state index in [-0.39, 0.29) is 0 Å². The van der Waals surface area contributed by atoms with Crippen LogP contribution in [0.15, 0.2) is 18.2 Å². The van der Waals surface area contributed by atoms with Gasteiger partial charge in [0.15, 0.2) is 11.6 Å². The predicted molar refractivity (Wildman–Crippen MR) is 97.0 cm³/mol. The summed E-state index contributed by atoms with van der Waals surface area (Å²) in [4.78, 5) is 4.85. The molecule has 4 nitrogen and oxygen atoms in total. The lowest BCUT2D eigenvalue weighted by molar-refractivity contribution is 0.0348. The average Bonchev–Trinajstić information content (AvgIpc) is 2.96. The van der Waals surface area contributed by atoms with Crippen molar-refractivity contribution in [2.24, 2.45) is 11.3 Å². The topological polar surface area (TPSA) is 24.9 Å². The van der Waals surface area contributed by atoms with Gasteiger partial charge in [-0.2, -0.15) is 0 Å². The maximum absolute atomic E-state index is 13.4. The van der Waals surface area contributed by atoms with Crippen LogP contribution in [0.4, 0.5) is 8.78 Å². The van der Waals surface area contributed by atoms with Crippen molar-refractivity contribution in [1.29, 1.82) is 0 Å². The average molecular weight is 368 g/mol. The second-order valence-corrected chi connectivity index (χ2v) is 7.77. The minimum Gasteiger partial charge on any atom is -0.384 e. The third-order valence-corrected chi connectivity index (χ3v) is 6.10. The van der Waals surface area contributed by atoms with E-state index in [4.69, 9.17) is 9.47 Å². The highest BCUT2D eigenvalue weighted by molar-refractivity contribution is 5.18. The summed E-state index contributed by atoms with van der Waals surface area (Å²) in [6.07, 6.45) is 2.24. The molecule has 2 fully saturated rings. The van der Waals surface area contributed by atoms with Gasteiger partial charge in [-0.1, -0.05) is 6.07 Å². The van der Waals surface area contributed by atoms with Crippen molar-refractivity contribution in [3.05, 3.63) is 35.4 Å². The van der Waals surface area contributed by atoms with E-state index < -0.39 is 11.6 Å². The van der Waals surface area contributed by atoms with Crippen LogP contribution < -0.4 is 0 Å². The Morgan fingerprint density at radius 3 is 2.50 bits per heavy atom. The molecule has 1 spiro atoms. The molecule has 2 aliphatic rings. The lowest BCUT2D eigenvalue weighted by Crippen LogP contribution is -2.45. The van der Waals surface area contributed by atoms with Gasteiger partial charge in [0.1, 0.15) is 0 Å². The van der Waals surface area contributed by atoms with Crippen LogP contribution in [-0.2, 0) is 16.0 Å². The van der Waals surface area contributed by atoms with Crippen molar-refractivity contribution in [2.45, 2.75) is 19.4 Å². The van der Waals surface area contributed by atoms with Gasteiger partial charge in [-0.05, 0) is 49.0 Å². The molecule has 0 bridgehead atoms. The van der Waals surface area contributed by atoms with Crippen molar-refractivity contribution in [1.82, 2.24) is 9.80 Å². The molecular weight excluding hydrogens is 338 g/mol. The smallest absolute Gasteiger partial charge is 0.159 e. The maximum Gasteiger partial charge on any atom is 0.159 e. The minimum absolute atomic E-state index is 0.300. The van der Waals surface area contributed by atoms with Gasteiger partial charge in [0.05, 0.1) is 13.2 Å². The third-order valence-electron chi connectivity index (χ3n) is 6.10. The van der Waals surface area contributed by atoms with Crippen molar-refractivity contribution >= 4 is 0 Å². The van der Waals surface area contributed by atoms with Crippen LogP contribution in [0.1, 0.15) is 18.4 Å². The largest absolute Gasteiger partial charge is 0.384 e. The number of benzene rings is 1. The standard InChI is InChI=1S/C20H30F2N2O2/c1-25-10-9-24-13-17(14-26-2)20(15-24)5-7-23(8-6-20)12-16-3-4-18(21)19(22)11-16/h3-4,11,17H,5-10,12-15H2,1-2H3/t17-/m0/s1. The second kappa shape index (κ2) is 8.74. The summed E-state index contributed by atoms with van der Waals surface area (Å²) < 4.78 is 37.3. The number of rotatable bonds is 7. The van der Waals surface area contributed by atoms with E-state index >= 15 is 0 Å². The van der Waals surface area contributed by atoms with Crippen LogP contribution in [0.5, 0.6) is 0 Å². The third kappa shape index (κ3) is 4.42. The molecule has 146 valence electrons. The first-order chi connectivity index (χ1) is 12.6. The number of likely N-dealkylation sites (tertiary alicyclic amines) is 2. The quantitative estimate of drug-likeness (QED) is 0.739. The van der Waals surface area contributed by atoms with Crippen LogP contribution >= 0.6 is 0 Å². The summed E-state index contributed by atoms with van der Waals surface area (Å²) >= 11 is 0. The molecule has 2 saturated heterocycles. The summed E-state index contributed by atoms with van der Waals surface area (Å²) in [7, 11) is 3.53. The Kier molecular flexibility index (Phi) is 6.61. The number of hydrogen-bond donors (Lipinski definition) is 0. The molecule has 0 saturated carbocycles. The summed E-state index contributed by atoms with van der Waals surface area (Å²) in [6, 6.07) is 4.21. The van der Waals surface area contributed by atoms with Crippen molar-refractivity contribution in [2.75, 3.05) is 60.2 Å². The molecule has 6 heteroatoms. The molecule has 0 aliphatic carbocycles. The van der Waals surface area contributed by atoms with E-state index in [0.717, 1.165) is 64.3 Å². The highest BCUT2D eigenvalue weighted by Gasteiger charge is 2.47. The molecule has 2 aliphatic heterocycles. The normalized spacial score (nSPS) is 23.8. The molecule has 0 unspecified atom stereocenters. The van der Waals surface area contributed by atoms with Gasteiger partial charge in [0.2, 0.25) is 0 Å². The Labute approximate surface area is 155 Å². The number of halogens is 2. The second-order valence-electron chi connectivity index (χ2n) is 7.77. The molecule has 0 amide bonds. The van der Waals surface area contributed by atoms with E-state index in [1.165, 1.54) is 12.1 Å². The van der Waals surface area contributed by atoms with Crippen molar-refractivity contribution in [3.8, 4) is 0 Å². The molecule has 0 N–H and O–H groups in total. The first-order valence-electron chi connectivity index (χ1n) is 9.43. The van der Waals surface area contributed by atoms with E-state index in [1.54, 1.807) is 20.3 Å². The Bertz CT molecular complexity index is 591. The van der Waals surface area contributed by atoms with Crippen LogP contribution in [0.25, 0.3) is 0 Å². The summed E-state index contributed by atoms with van der Waals surface area (Å²) in [5.41, 5.74) is 1.13. The van der Waals surface area contributed by atoms with Crippen LogP contribution in [-0.4, -0.2) is 70.0 Å². The fraction of sp³-hybridized carbons (Fsp3) is 0.700. The van der Waals surface area contributed by atoms with Crippen molar-refractivity contribution in [3.63, 3.8) is 0 Å². The van der Waals surface area contributed by atoms with Gasteiger partial charge in [-0.15, -0.1) is 0 Å². The lowest BCUT2D eigenvalue weighted by Gasteiger charge is -2.42. The van der Waals surface area contributed by atoms with Gasteiger partial charge in [-0.25, -0.2) is 8.78 Å². The lowest BCUT2D eigenvalue weighted by atomic mass is 9.71. The van der Waals surface area contributed by atoms with Gasteiger partial charge in [-0.3, -0.25) is 4.90 Å². The number of nitrogens with zero attached hydrogens (tertiary/aromatic N) is 2. The summed E-state index contributed by atoms with van der Waals surface area (Å²) in [6.45, 7) is 7.34. The van der Waals surface area contributed by atoms with E-state index in [9.17, 15) is 8.78 Å². The molecule has 1 aromatic rings. The maximum atomic E-state index is 13.4. The molecule has 3 rings (SSSR count). The Morgan fingerprint density at radius 1 is 1.08 bits per heavy atom. The highest BCUT2D eigenvalue weighted by atomic mass is 19.2. The van der Waals surface area contributed by atoms with Gasteiger partial charge in [0, 0.05) is 46.3 Å². The molecule has 1 aromatic carbocycles. The number of methoxy groups -OCH3 is 2. The Morgan fingerprint density at radius 2 is 1.85 bits per heavy atom. The zero-order valence-electron chi connectivity index (χ0n) is 15.8. The monoisotopic (exact) mass is 368 g/mol. The first kappa shape index (κ1) is 19.7. The van der Waals surface area contributed by atoms with Crippen molar-refractivity contribution < 1.29 is 18.3 Å². The fourth-order valence-electron chi connectivity index (χ4n) is 4.58. The predicted octanol–water partition coefficient (Wildman–Crippen LogP) is 2.77. The van der Waals surface area contributed by atoms with Gasteiger partial charge in [0.25, 0.3) is 0 Å². The van der Waals surface area contributed by atoms with Gasteiger partial charge >= 0.3 is 0 Å². The molecule has 0 aromatic heterocycles. The molecular formula is C20H30F2N2O2. The zero-order chi connectivity index (χ0) is 18.6. The molecule has 0 radical (unpaired) electrons. The summed E-state index contributed by atoms with van der Waals surface area (Å²) in [5.74, 6) is -0.994. The van der Waals surface area contributed by atoms with Crippen LogP contribution in [0.3, 0.4) is 0 Å². The zero-order valence-corrected chi connectivity index (χ0v) is 15.8. The number of hydrogen-bond acceptors (Lipinski definition) is 4. The number of piperidine rings is 1. The Hall–Kier alpha value is -1.08.